The number of benzene rings is 2. The number of amides is 1. The minimum Gasteiger partial charge on any atom is -0.496 e. The van der Waals surface area contributed by atoms with Gasteiger partial charge in [-0.05, 0) is 26.0 Å². The van der Waals surface area contributed by atoms with Gasteiger partial charge in [0, 0.05) is 37.0 Å². The third-order valence-corrected chi connectivity index (χ3v) is 5.12. The molecule has 7 heteroatoms. The molecule has 7 nitrogen and oxygen atoms in total. The standard InChI is InChI=1S/C23H27N3O4/c1-15-19(16(2)26(24-15)17-10-8-7-9-11-17)14-25(3)23(27)18-12-21(29-5)22(30-6)13-20(18)28-4/h7-13H,14H2,1-6H3. The summed E-state index contributed by atoms with van der Waals surface area (Å²) in [6.07, 6.45) is 0. The first kappa shape index (κ1) is 21.2. The summed E-state index contributed by atoms with van der Waals surface area (Å²) in [4.78, 5) is 14.9. The van der Waals surface area contributed by atoms with Crippen LogP contribution in [0, 0.1) is 13.8 Å². The minimum atomic E-state index is -0.181. The Kier molecular flexibility index (Phi) is 6.30. The van der Waals surface area contributed by atoms with Gasteiger partial charge >= 0.3 is 0 Å². The summed E-state index contributed by atoms with van der Waals surface area (Å²) in [5, 5.41) is 4.67. The molecule has 0 bridgehead atoms. The lowest BCUT2D eigenvalue weighted by atomic mass is 10.1. The average Bonchev–Trinajstić information content (AvgIpc) is 3.06. The van der Waals surface area contributed by atoms with Crippen molar-refractivity contribution in [1.29, 1.82) is 0 Å². The van der Waals surface area contributed by atoms with Crippen LogP contribution in [-0.2, 0) is 6.54 Å². The van der Waals surface area contributed by atoms with Crippen molar-refractivity contribution in [2.24, 2.45) is 0 Å². The minimum absolute atomic E-state index is 0.181. The zero-order chi connectivity index (χ0) is 21.8. The third kappa shape index (κ3) is 3.96. The van der Waals surface area contributed by atoms with Crippen LogP contribution >= 0.6 is 0 Å². The number of hydrogen-bond acceptors (Lipinski definition) is 5. The summed E-state index contributed by atoms with van der Waals surface area (Å²) in [6.45, 7) is 4.38. The number of nitrogens with zero attached hydrogens (tertiary/aromatic N) is 3. The van der Waals surface area contributed by atoms with Gasteiger partial charge in [0.25, 0.3) is 5.91 Å². The van der Waals surface area contributed by atoms with Gasteiger partial charge in [0.2, 0.25) is 0 Å². The second-order valence-electron chi connectivity index (χ2n) is 6.97. The van der Waals surface area contributed by atoms with E-state index in [9.17, 15) is 4.79 Å². The maximum atomic E-state index is 13.2. The Morgan fingerprint density at radius 2 is 1.57 bits per heavy atom. The highest BCUT2D eigenvalue weighted by Gasteiger charge is 2.23. The Balaban J connectivity index is 1.91. The van der Waals surface area contributed by atoms with Gasteiger partial charge in [0.1, 0.15) is 5.75 Å². The summed E-state index contributed by atoms with van der Waals surface area (Å²) < 4.78 is 18.0. The van der Waals surface area contributed by atoms with Crippen LogP contribution in [0.3, 0.4) is 0 Å². The van der Waals surface area contributed by atoms with Gasteiger partial charge in [-0.1, -0.05) is 18.2 Å². The number of hydrogen-bond donors (Lipinski definition) is 0. The lowest BCUT2D eigenvalue weighted by molar-refractivity contribution is 0.0781. The van der Waals surface area contributed by atoms with Crippen LogP contribution in [0.1, 0.15) is 27.3 Å². The van der Waals surface area contributed by atoms with Crippen LogP contribution in [0.25, 0.3) is 5.69 Å². The number of carbonyl (C=O) groups is 1. The molecule has 158 valence electrons. The fourth-order valence-electron chi connectivity index (χ4n) is 3.44. The zero-order valence-electron chi connectivity index (χ0n) is 18.2. The average molecular weight is 409 g/mol. The molecule has 0 fully saturated rings. The topological polar surface area (TPSA) is 65.8 Å². The molecule has 0 saturated carbocycles. The number of aromatic nitrogens is 2. The molecule has 1 amide bonds. The fourth-order valence-corrected chi connectivity index (χ4v) is 3.44. The van der Waals surface area contributed by atoms with Gasteiger partial charge in [-0.3, -0.25) is 4.79 Å². The number of carbonyl (C=O) groups excluding carboxylic acids is 1. The number of methoxy groups -OCH3 is 3. The smallest absolute Gasteiger partial charge is 0.257 e. The van der Waals surface area contributed by atoms with Crippen molar-refractivity contribution in [3.8, 4) is 22.9 Å². The second-order valence-corrected chi connectivity index (χ2v) is 6.97. The normalized spacial score (nSPS) is 10.6. The Bertz CT molecular complexity index is 1040. The van der Waals surface area contributed by atoms with E-state index in [1.807, 2.05) is 48.9 Å². The molecule has 1 heterocycles. The van der Waals surface area contributed by atoms with Gasteiger partial charge in [-0.25, -0.2) is 4.68 Å². The number of rotatable bonds is 7. The Hall–Kier alpha value is -3.48. The fraction of sp³-hybridized carbons (Fsp3) is 0.304. The van der Waals surface area contributed by atoms with Crippen molar-refractivity contribution in [3.05, 3.63) is 65.0 Å². The van der Waals surface area contributed by atoms with Gasteiger partial charge < -0.3 is 19.1 Å². The lowest BCUT2D eigenvalue weighted by Gasteiger charge is -2.20. The van der Waals surface area contributed by atoms with Gasteiger partial charge in [-0.2, -0.15) is 5.10 Å². The molecule has 3 rings (SSSR count). The SMILES string of the molecule is COc1cc(OC)c(C(=O)N(C)Cc2c(C)nn(-c3ccccc3)c2C)cc1OC. The quantitative estimate of drug-likeness (QED) is 0.594. The maximum Gasteiger partial charge on any atom is 0.257 e. The first-order valence-electron chi connectivity index (χ1n) is 9.57. The Morgan fingerprint density at radius 1 is 0.967 bits per heavy atom. The third-order valence-electron chi connectivity index (χ3n) is 5.12. The highest BCUT2D eigenvalue weighted by atomic mass is 16.5. The number of aryl methyl sites for hydroxylation is 1. The molecule has 0 saturated heterocycles. The van der Waals surface area contributed by atoms with Crippen LogP contribution in [0.4, 0.5) is 0 Å². The summed E-state index contributed by atoms with van der Waals surface area (Å²) >= 11 is 0. The summed E-state index contributed by atoms with van der Waals surface area (Å²) in [5.41, 5.74) is 4.28. The summed E-state index contributed by atoms with van der Waals surface area (Å²) in [6, 6.07) is 13.2. The molecule has 0 atom stereocenters. The summed E-state index contributed by atoms with van der Waals surface area (Å²) in [5.74, 6) is 1.22. The van der Waals surface area contributed by atoms with Crippen LogP contribution in [0.2, 0.25) is 0 Å². The Morgan fingerprint density at radius 3 is 2.17 bits per heavy atom. The predicted molar refractivity (Wildman–Crippen MR) is 115 cm³/mol. The molecular formula is C23H27N3O4. The predicted octanol–water partition coefficient (Wildman–Crippen LogP) is 3.79. The van der Waals surface area contributed by atoms with E-state index in [1.165, 1.54) is 14.2 Å². The number of para-hydroxylation sites is 1. The van der Waals surface area contributed by atoms with Crippen LogP contribution < -0.4 is 14.2 Å². The van der Waals surface area contributed by atoms with E-state index >= 15 is 0 Å². The van der Waals surface area contributed by atoms with Crippen molar-refractivity contribution in [2.45, 2.75) is 20.4 Å². The molecular weight excluding hydrogens is 382 g/mol. The van der Waals surface area contributed by atoms with Gasteiger partial charge in [0.05, 0.1) is 38.3 Å². The van der Waals surface area contributed by atoms with E-state index in [0.717, 1.165) is 22.6 Å². The molecule has 0 radical (unpaired) electrons. The zero-order valence-corrected chi connectivity index (χ0v) is 18.2. The summed E-state index contributed by atoms with van der Waals surface area (Å²) in [7, 11) is 6.36. The molecule has 1 aromatic heterocycles. The molecule has 0 aliphatic rings. The van der Waals surface area contributed by atoms with E-state index in [2.05, 4.69) is 5.10 Å². The molecule has 0 N–H and O–H groups in total. The first-order chi connectivity index (χ1) is 14.4. The highest BCUT2D eigenvalue weighted by Crippen LogP contribution is 2.35. The van der Waals surface area contributed by atoms with Crippen molar-refractivity contribution in [3.63, 3.8) is 0 Å². The molecule has 0 aliphatic heterocycles. The Labute approximate surface area is 176 Å². The van der Waals surface area contributed by atoms with E-state index < -0.39 is 0 Å². The lowest BCUT2D eigenvalue weighted by Crippen LogP contribution is -2.27. The molecule has 0 aliphatic carbocycles. The molecule has 0 unspecified atom stereocenters. The van der Waals surface area contributed by atoms with E-state index in [-0.39, 0.29) is 5.91 Å². The van der Waals surface area contributed by atoms with Crippen LogP contribution in [0.15, 0.2) is 42.5 Å². The van der Waals surface area contributed by atoms with E-state index in [1.54, 1.807) is 31.2 Å². The van der Waals surface area contributed by atoms with Crippen LogP contribution in [-0.4, -0.2) is 49.0 Å². The highest BCUT2D eigenvalue weighted by molar-refractivity contribution is 5.97. The first-order valence-corrected chi connectivity index (χ1v) is 9.57. The molecule has 30 heavy (non-hydrogen) atoms. The molecule has 2 aromatic carbocycles. The van der Waals surface area contributed by atoms with Crippen molar-refractivity contribution >= 4 is 5.91 Å². The number of ether oxygens (including phenoxy) is 3. The van der Waals surface area contributed by atoms with Gasteiger partial charge in [-0.15, -0.1) is 0 Å². The van der Waals surface area contributed by atoms with Crippen LogP contribution in [0.5, 0.6) is 17.2 Å². The van der Waals surface area contributed by atoms with Crippen molar-refractivity contribution in [2.75, 3.05) is 28.4 Å². The van der Waals surface area contributed by atoms with E-state index in [4.69, 9.17) is 14.2 Å². The van der Waals surface area contributed by atoms with Crippen molar-refractivity contribution < 1.29 is 19.0 Å². The van der Waals surface area contributed by atoms with Crippen molar-refractivity contribution in [1.82, 2.24) is 14.7 Å². The second kappa shape index (κ2) is 8.90. The molecule has 0 spiro atoms. The van der Waals surface area contributed by atoms with Gasteiger partial charge in [0.15, 0.2) is 11.5 Å². The largest absolute Gasteiger partial charge is 0.496 e. The monoisotopic (exact) mass is 409 g/mol. The van der Waals surface area contributed by atoms with E-state index in [0.29, 0.717) is 29.4 Å². The molecule has 3 aromatic rings. The maximum absolute atomic E-state index is 13.2.